The highest BCUT2D eigenvalue weighted by atomic mass is 35.5. The summed E-state index contributed by atoms with van der Waals surface area (Å²) < 4.78 is 10.6. The van der Waals surface area contributed by atoms with Crippen molar-refractivity contribution < 1.29 is 14.6 Å². The first-order chi connectivity index (χ1) is 9.20. The van der Waals surface area contributed by atoms with E-state index in [9.17, 15) is 5.11 Å². The van der Waals surface area contributed by atoms with Crippen molar-refractivity contribution in [2.75, 3.05) is 13.7 Å². The average molecular weight is 279 g/mol. The molecule has 2 aromatic rings. The van der Waals surface area contributed by atoms with E-state index in [0.717, 1.165) is 5.75 Å². The summed E-state index contributed by atoms with van der Waals surface area (Å²) >= 11 is 6.01. The van der Waals surface area contributed by atoms with Crippen molar-refractivity contribution in [1.29, 1.82) is 0 Å². The van der Waals surface area contributed by atoms with Gasteiger partial charge in [-0.25, -0.2) is 0 Å². The molecule has 0 fully saturated rings. The van der Waals surface area contributed by atoms with E-state index in [4.69, 9.17) is 21.1 Å². The van der Waals surface area contributed by atoms with Gasteiger partial charge in [-0.2, -0.15) is 0 Å². The van der Waals surface area contributed by atoms with Gasteiger partial charge >= 0.3 is 0 Å². The Morgan fingerprint density at radius 3 is 2.32 bits per heavy atom. The maximum absolute atomic E-state index is 10.0. The summed E-state index contributed by atoms with van der Waals surface area (Å²) in [6.45, 7) is 0.149. The minimum atomic E-state index is -0.754. The lowest BCUT2D eigenvalue weighted by molar-refractivity contribution is 0.108. The summed E-state index contributed by atoms with van der Waals surface area (Å²) in [5, 5.41) is 10.6. The zero-order chi connectivity index (χ0) is 13.7. The van der Waals surface area contributed by atoms with Gasteiger partial charge in [-0.05, 0) is 30.3 Å². The molecule has 0 aromatic heterocycles. The van der Waals surface area contributed by atoms with Gasteiger partial charge in [-0.15, -0.1) is 0 Å². The normalized spacial score (nSPS) is 11.9. The molecule has 0 saturated carbocycles. The highest BCUT2D eigenvalue weighted by Gasteiger charge is 2.11. The van der Waals surface area contributed by atoms with Crippen LogP contribution in [0, 0.1) is 0 Å². The molecule has 0 aliphatic rings. The zero-order valence-electron chi connectivity index (χ0n) is 10.5. The van der Waals surface area contributed by atoms with E-state index in [0.29, 0.717) is 16.3 Å². The van der Waals surface area contributed by atoms with Crippen LogP contribution >= 0.6 is 11.6 Å². The Hall–Kier alpha value is -1.71. The molecule has 1 atom stereocenters. The second kappa shape index (κ2) is 6.45. The number of halogens is 1. The maximum atomic E-state index is 10.0. The van der Waals surface area contributed by atoms with Gasteiger partial charge in [0.05, 0.1) is 7.11 Å². The van der Waals surface area contributed by atoms with Crippen molar-refractivity contribution in [2.45, 2.75) is 6.10 Å². The predicted molar refractivity (Wildman–Crippen MR) is 74.9 cm³/mol. The standard InChI is InChI=1S/C15H15ClO3/c1-18-11-6-8-12(9-7-11)19-10-15(17)13-4-2-3-5-14(13)16/h2-9,15,17H,10H2,1H3. The van der Waals surface area contributed by atoms with Crippen molar-refractivity contribution in [3.63, 3.8) is 0 Å². The van der Waals surface area contributed by atoms with E-state index in [1.807, 2.05) is 12.1 Å². The fourth-order valence-corrected chi connectivity index (χ4v) is 1.94. The lowest BCUT2D eigenvalue weighted by Gasteiger charge is -2.14. The lowest BCUT2D eigenvalue weighted by atomic mass is 10.1. The van der Waals surface area contributed by atoms with Gasteiger partial charge < -0.3 is 14.6 Å². The summed E-state index contributed by atoms with van der Waals surface area (Å²) in [5.74, 6) is 1.44. The molecule has 3 nitrogen and oxygen atoms in total. The number of aliphatic hydroxyl groups excluding tert-OH is 1. The minimum absolute atomic E-state index is 0.149. The van der Waals surface area contributed by atoms with Gasteiger partial charge in [0.25, 0.3) is 0 Å². The van der Waals surface area contributed by atoms with E-state index in [2.05, 4.69) is 0 Å². The Kier molecular flexibility index (Phi) is 4.66. The second-order valence-electron chi connectivity index (χ2n) is 4.02. The molecule has 4 heteroatoms. The van der Waals surface area contributed by atoms with E-state index >= 15 is 0 Å². The van der Waals surface area contributed by atoms with Gasteiger partial charge in [0.15, 0.2) is 0 Å². The highest BCUT2D eigenvalue weighted by molar-refractivity contribution is 6.31. The molecular formula is C15H15ClO3. The first-order valence-electron chi connectivity index (χ1n) is 5.90. The first kappa shape index (κ1) is 13.7. The lowest BCUT2D eigenvalue weighted by Crippen LogP contribution is -2.10. The number of hydrogen-bond acceptors (Lipinski definition) is 3. The zero-order valence-corrected chi connectivity index (χ0v) is 11.3. The van der Waals surface area contributed by atoms with Crippen LogP contribution in [0.2, 0.25) is 5.02 Å². The summed E-state index contributed by atoms with van der Waals surface area (Å²) in [5.41, 5.74) is 0.665. The van der Waals surface area contributed by atoms with Crippen LogP contribution in [0.5, 0.6) is 11.5 Å². The molecule has 1 N–H and O–H groups in total. The van der Waals surface area contributed by atoms with Crippen LogP contribution in [-0.4, -0.2) is 18.8 Å². The molecular weight excluding hydrogens is 264 g/mol. The number of rotatable bonds is 5. The van der Waals surface area contributed by atoms with Gasteiger partial charge in [-0.3, -0.25) is 0 Å². The van der Waals surface area contributed by atoms with Crippen LogP contribution < -0.4 is 9.47 Å². The summed E-state index contributed by atoms with van der Waals surface area (Å²) in [6.07, 6.45) is -0.754. The smallest absolute Gasteiger partial charge is 0.119 e. The quantitative estimate of drug-likeness (QED) is 0.910. The molecule has 0 bridgehead atoms. The van der Waals surface area contributed by atoms with Crippen molar-refractivity contribution in [1.82, 2.24) is 0 Å². The van der Waals surface area contributed by atoms with E-state index < -0.39 is 6.10 Å². The van der Waals surface area contributed by atoms with Crippen molar-refractivity contribution >= 4 is 11.6 Å². The van der Waals surface area contributed by atoms with Crippen LogP contribution in [-0.2, 0) is 0 Å². The van der Waals surface area contributed by atoms with Crippen LogP contribution in [0.25, 0.3) is 0 Å². The maximum Gasteiger partial charge on any atom is 0.119 e. The summed E-state index contributed by atoms with van der Waals surface area (Å²) in [6, 6.07) is 14.4. The topological polar surface area (TPSA) is 38.7 Å². The molecule has 0 aliphatic heterocycles. The van der Waals surface area contributed by atoms with Crippen LogP contribution in [0.3, 0.4) is 0 Å². The molecule has 0 radical (unpaired) electrons. The highest BCUT2D eigenvalue weighted by Crippen LogP contribution is 2.24. The molecule has 0 heterocycles. The molecule has 0 amide bonds. The Balaban J connectivity index is 1.96. The second-order valence-corrected chi connectivity index (χ2v) is 4.43. The number of ether oxygens (including phenoxy) is 2. The van der Waals surface area contributed by atoms with E-state index in [1.165, 1.54) is 0 Å². The van der Waals surface area contributed by atoms with Gasteiger partial charge in [0.2, 0.25) is 0 Å². The number of benzene rings is 2. The summed E-state index contributed by atoms with van der Waals surface area (Å²) in [4.78, 5) is 0. The fourth-order valence-electron chi connectivity index (χ4n) is 1.68. The Morgan fingerprint density at radius 2 is 1.68 bits per heavy atom. The monoisotopic (exact) mass is 278 g/mol. The number of aliphatic hydroxyl groups is 1. The SMILES string of the molecule is COc1ccc(OCC(O)c2ccccc2Cl)cc1. The molecule has 2 aromatic carbocycles. The third kappa shape index (κ3) is 3.63. The average Bonchev–Trinajstić information content (AvgIpc) is 2.46. The van der Waals surface area contributed by atoms with Crippen molar-refractivity contribution in [3.8, 4) is 11.5 Å². The largest absolute Gasteiger partial charge is 0.497 e. The van der Waals surface area contributed by atoms with Gasteiger partial charge in [0.1, 0.15) is 24.2 Å². The Labute approximate surface area is 117 Å². The van der Waals surface area contributed by atoms with Gasteiger partial charge in [-0.1, -0.05) is 29.8 Å². The molecule has 1 unspecified atom stereocenters. The third-order valence-corrected chi connectivity index (χ3v) is 3.08. The Morgan fingerprint density at radius 1 is 1.05 bits per heavy atom. The Bertz CT molecular complexity index is 525. The van der Waals surface area contributed by atoms with Gasteiger partial charge in [0, 0.05) is 10.6 Å². The van der Waals surface area contributed by atoms with E-state index in [-0.39, 0.29) is 6.61 Å². The van der Waals surface area contributed by atoms with E-state index in [1.54, 1.807) is 43.5 Å². The number of methoxy groups -OCH3 is 1. The fraction of sp³-hybridized carbons (Fsp3) is 0.200. The predicted octanol–water partition coefficient (Wildman–Crippen LogP) is 3.46. The van der Waals surface area contributed by atoms with Crippen LogP contribution in [0.4, 0.5) is 0 Å². The molecule has 2 rings (SSSR count). The van der Waals surface area contributed by atoms with Crippen LogP contribution in [0.1, 0.15) is 11.7 Å². The molecule has 100 valence electrons. The molecule has 0 saturated heterocycles. The van der Waals surface area contributed by atoms with Crippen molar-refractivity contribution in [2.24, 2.45) is 0 Å². The molecule has 0 aliphatic carbocycles. The summed E-state index contributed by atoms with van der Waals surface area (Å²) in [7, 11) is 1.61. The first-order valence-corrected chi connectivity index (χ1v) is 6.28. The third-order valence-electron chi connectivity index (χ3n) is 2.73. The minimum Gasteiger partial charge on any atom is -0.497 e. The molecule has 19 heavy (non-hydrogen) atoms. The number of hydrogen-bond donors (Lipinski definition) is 1. The van der Waals surface area contributed by atoms with Crippen LogP contribution in [0.15, 0.2) is 48.5 Å². The van der Waals surface area contributed by atoms with Crippen molar-refractivity contribution in [3.05, 3.63) is 59.1 Å². The molecule has 0 spiro atoms.